The third-order valence-electron chi connectivity index (χ3n) is 4.42. The standard InChI is InChI=1S/C17H22O5/c1-11(16(18)19)12-6-4-7-14(9-12)22-10-13-5-2-3-8-15(13)17(20)21/h4,6-7,9,11,13,15H,2-3,5,8,10H2,1H3,(H,18,19)(H,20,21)/t11-,13+,15-/m0/s1. The summed E-state index contributed by atoms with van der Waals surface area (Å²) in [4.78, 5) is 22.3. The van der Waals surface area contributed by atoms with Crippen molar-refractivity contribution in [3.05, 3.63) is 29.8 Å². The minimum absolute atomic E-state index is 0.0202. The van der Waals surface area contributed by atoms with Crippen molar-refractivity contribution in [1.29, 1.82) is 0 Å². The van der Waals surface area contributed by atoms with E-state index < -0.39 is 17.9 Å². The Bertz CT molecular complexity index is 540. The molecule has 5 heteroatoms. The van der Waals surface area contributed by atoms with E-state index in [1.807, 2.05) is 0 Å². The van der Waals surface area contributed by atoms with E-state index in [2.05, 4.69) is 0 Å². The molecule has 22 heavy (non-hydrogen) atoms. The van der Waals surface area contributed by atoms with Gasteiger partial charge in [0.25, 0.3) is 0 Å². The molecule has 2 N–H and O–H groups in total. The molecule has 0 radical (unpaired) electrons. The minimum atomic E-state index is -0.879. The minimum Gasteiger partial charge on any atom is -0.493 e. The summed E-state index contributed by atoms with van der Waals surface area (Å²) in [5.41, 5.74) is 0.684. The Kier molecular flexibility index (Phi) is 5.41. The fraction of sp³-hybridized carbons (Fsp3) is 0.529. The molecule has 1 fully saturated rings. The highest BCUT2D eigenvalue weighted by Gasteiger charge is 2.31. The molecule has 1 aromatic carbocycles. The van der Waals surface area contributed by atoms with Gasteiger partial charge in [-0.2, -0.15) is 0 Å². The van der Waals surface area contributed by atoms with E-state index in [-0.39, 0.29) is 11.8 Å². The lowest BCUT2D eigenvalue weighted by molar-refractivity contribution is -0.145. The van der Waals surface area contributed by atoms with Gasteiger partial charge in [0.2, 0.25) is 0 Å². The van der Waals surface area contributed by atoms with Crippen molar-refractivity contribution < 1.29 is 24.5 Å². The first-order valence-electron chi connectivity index (χ1n) is 7.67. The fourth-order valence-electron chi connectivity index (χ4n) is 2.95. The van der Waals surface area contributed by atoms with Crippen LogP contribution in [0.3, 0.4) is 0 Å². The predicted molar refractivity (Wildman–Crippen MR) is 81.1 cm³/mol. The van der Waals surface area contributed by atoms with Gasteiger partial charge in [-0.15, -0.1) is 0 Å². The van der Waals surface area contributed by atoms with E-state index in [4.69, 9.17) is 9.84 Å². The van der Waals surface area contributed by atoms with Gasteiger partial charge in [0.05, 0.1) is 18.4 Å². The van der Waals surface area contributed by atoms with E-state index in [0.717, 1.165) is 19.3 Å². The number of hydrogen-bond acceptors (Lipinski definition) is 3. The predicted octanol–water partition coefficient (Wildman–Crippen LogP) is 3.14. The lowest BCUT2D eigenvalue weighted by Crippen LogP contribution is -2.31. The summed E-state index contributed by atoms with van der Waals surface area (Å²) in [7, 11) is 0. The zero-order chi connectivity index (χ0) is 16.1. The smallest absolute Gasteiger partial charge is 0.310 e. The van der Waals surface area contributed by atoms with Gasteiger partial charge in [-0.3, -0.25) is 9.59 Å². The van der Waals surface area contributed by atoms with Gasteiger partial charge >= 0.3 is 11.9 Å². The lowest BCUT2D eigenvalue weighted by atomic mass is 9.80. The lowest BCUT2D eigenvalue weighted by Gasteiger charge is -2.28. The Balaban J connectivity index is 2.00. The van der Waals surface area contributed by atoms with Gasteiger partial charge in [0.15, 0.2) is 0 Å². The van der Waals surface area contributed by atoms with Crippen molar-refractivity contribution in [2.75, 3.05) is 6.61 Å². The fourth-order valence-corrected chi connectivity index (χ4v) is 2.95. The Morgan fingerprint density at radius 2 is 2.00 bits per heavy atom. The van der Waals surface area contributed by atoms with Crippen LogP contribution in [0.15, 0.2) is 24.3 Å². The highest BCUT2D eigenvalue weighted by Crippen LogP contribution is 2.31. The average Bonchev–Trinajstić information content (AvgIpc) is 2.52. The molecular formula is C17H22O5. The average molecular weight is 306 g/mol. The van der Waals surface area contributed by atoms with Crippen LogP contribution >= 0.6 is 0 Å². The third-order valence-corrected chi connectivity index (χ3v) is 4.42. The molecule has 3 atom stereocenters. The van der Waals surface area contributed by atoms with Crippen LogP contribution in [0.1, 0.15) is 44.1 Å². The highest BCUT2D eigenvalue weighted by atomic mass is 16.5. The first-order valence-corrected chi connectivity index (χ1v) is 7.67. The summed E-state index contributed by atoms with van der Waals surface area (Å²) < 4.78 is 5.74. The second kappa shape index (κ2) is 7.29. The molecule has 1 aliphatic carbocycles. The van der Waals surface area contributed by atoms with Crippen LogP contribution in [-0.2, 0) is 9.59 Å². The largest absolute Gasteiger partial charge is 0.493 e. The monoisotopic (exact) mass is 306 g/mol. The van der Waals surface area contributed by atoms with Crippen LogP contribution < -0.4 is 4.74 Å². The second-order valence-electron chi connectivity index (χ2n) is 5.93. The van der Waals surface area contributed by atoms with Gasteiger partial charge in [0, 0.05) is 5.92 Å². The van der Waals surface area contributed by atoms with Crippen molar-refractivity contribution in [3.8, 4) is 5.75 Å². The Morgan fingerprint density at radius 1 is 1.27 bits per heavy atom. The molecule has 1 aromatic rings. The van der Waals surface area contributed by atoms with Crippen LogP contribution in [0.4, 0.5) is 0 Å². The number of aliphatic carboxylic acids is 2. The van der Waals surface area contributed by atoms with Gasteiger partial charge < -0.3 is 14.9 Å². The van der Waals surface area contributed by atoms with E-state index in [1.54, 1.807) is 31.2 Å². The number of carboxylic acids is 2. The molecule has 1 saturated carbocycles. The van der Waals surface area contributed by atoms with Gasteiger partial charge in [-0.05, 0) is 37.5 Å². The van der Waals surface area contributed by atoms with Crippen molar-refractivity contribution in [2.45, 2.75) is 38.5 Å². The molecular weight excluding hydrogens is 284 g/mol. The maximum absolute atomic E-state index is 11.3. The molecule has 0 spiro atoms. The van der Waals surface area contributed by atoms with E-state index in [1.165, 1.54) is 0 Å². The molecule has 120 valence electrons. The Morgan fingerprint density at radius 3 is 2.68 bits per heavy atom. The van der Waals surface area contributed by atoms with Crippen LogP contribution in [0.2, 0.25) is 0 Å². The zero-order valence-corrected chi connectivity index (χ0v) is 12.7. The number of rotatable bonds is 6. The van der Waals surface area contributed by atoms with Gasteiger partial charge in [0.1, 0.15) is 5.75 Å². The number of carbonyl (C=O) groups is 2. The molecule has 0 aliphatic heterocycles. The zero-order valence-electron chi connectivity index (χ0n) is 12.7. The third kappa shape index (κ3) is 4.00. The summed E-state index contributed by atoms with van der Waals surface area (Å²) in [6.07, 6.45) is 3.56. The summed E-state index contributed by atoms with van der Waals surface area (Å²) >= 11 is 0. The van der Waals surface area contributed by atoms with Crippen LogP contribution in [0.5, 0.6) is 5.75 Å². The molecule has 0 aromatic heterocycles. The Labute approximate surface area is 129 Å². The van der Waals surface area contributed by atoms with Crippen molar-refractivity contribution in [3.63, 3.8) is 0 Å². The van der Waals surface area contributed by atoms with Crippen molar-refractivity contribution in [1.82, 2.24) is 0 Å². The number of benzene rings is 1. The molecule has 5 nitrogen and oxygen atoms in total. The van der Waals surface area contributed by atoms with E-state index in [9.17, 15) is 14.7 Å². The summed E-state index contributed by atoms with van der Waals surface area (Å²) in [6.45, 7) is 1.99. The first kappa shape index (κ1) is 16.3. The molecule has 0 unspecified atom stereocenters. The van der Waals surface area contributed by atoms with Crippen LogP contribution in [0, 0.1) is 11.8 Å². The second-order valence-corrected chi connectivity index (χ2v) is 5.93. The summed E-state index contributed by atoms with van der Waals surface area (Å²) in [6, 6.07) is 7.01. The van der Waals surface area contributed by atoms with Crippen molar-refractivity contribution >= 4 is 11.9 Å². The molecule has 0 saturated heterocycles. The quantitative estimate of drug-likeness (QED) is 0.843. The number of ether oxygens (including phenoxy) is 1. The Hall–Kier alpha value is -2.04. The van der Waals surface area contributed by atoms with Crippen LogP contribution in [-0.4, -0.2) is 28.8 Å². The first-order chi connectivity index (χ1) is 10.5. The number of carboxylic acid groups (broad SMARTS) is 2. The maximum Gasteiger partial charge on any atom is 0.310 e. The van der Waals surface area contributed by atoms with Crippen LogP contribution in [0.25, 0.3) is 0 Å². The summed E-state index contributed by atoms with van der Waals surface area (Å²) in [5, 5.41) is 18.3. The SMILES string of the molecule is C[C@H](C(=O)O)c1cccc(OC[C@H]2CCCC[C@@H]2C(=O)O)c1. The normalized spacial score (nSPS) is 22.8. The number of hydrogen-bond donors (Lipinski definition) is 2. The topological polar surface area (TPSA) is 83.8 Å². The molecule has 2 rings (SSSR count). The molecule has 0 heterocycles. The molecule has 1 aliphatic rings. The van der Waals surface area contributed by atoms with Gasteiger partial charge in [-0.25, -0.2) is 0 Å². The van der Waals surface area contributed by atoms with Crippen molar-refractivity contribution in [2.24, 2.45) is 11.8 Å². The van der Waals surface area contributed by atoms with E-state index >= 15 is 0 Å². The molecule has 0 amide bonds. The maximum atomic E-state index is 11.3. The van der Waals surface area contributed by atoms with E-state index in [0.29, 0.717) is 24.3 Å². The molecule has 0 bridgehead atoms. The highest BCUT2D eigenvalue weighted by molar-refractivity contribution is 5.75. The van der Waals surface area contributed by atoms with Gasteiger partial charge in [-0.1, -0.05) is 25.0 Å². The summed E-state index contributed by atoms with van der Waals surface area (Å²) in [5.74, 6) is -1.94.